The number of benzene rings is 2. The molecule has 2 aromatic rings. The summed E-state index contributed by atoms with van der Waals surface area (Å²) in [4.78, 5) is 2.04. The minimum absolute atomic E-state index is 0.218. The lowest BCUT2D eigenvalue weighted by Crippen LogP contribution is -2.23. The van der Waals surface area contributed by atoms with Gasteiger partial charge in [0.2, 0.25) is 0 Å². The molecule has 0 aliphatic heterocycles. The van der Waals surface area contributed by atoms with Crippen molar-refractivity contribution >= 4 is 5.69 Å². The van der Waals surface area contributed by atoms with Gasteiger partial charge in [0, 0.05) is 19.3 Å². The third-order valence-electron chi connectivity index (χ3n) is 3.27. The number of nitrogens with one attached hydrogen (secondary N) is 1. The fraction of sp³-hybridized carbons (Fsp3) is 0.294. The summed E-state index contributed by atoms with van der Waals surface area (Å²) in [7, 11) is 3.89. The van der Waals surface area contributed by atoms with Crippen LogP contribution in [0.25, 0.3) is 0 Å². The fourth-order valence-corrected chi connectivity index (χ4v) is 2.03. The predicted octanol–water partition coefficient (Wildman–Crippen LogP) is 3.06. The molecule has 0 bridgehead atoms. The number of hydrogen-bond acceptors (Lipinski definition) is 3. The van der Waals surface area contributed by atoms with Crippen molar-refractivity contribution in [2.75, 3.05) is 32.1 Å². The molecule has 3 nitrogen and oxygen atoms in total. The van der Waals surface area contributed by atoms with Crippen molar-refractivity contribution in [3.8, 4) is 5.75 Å². The van der Waals surface area contributed by atoms with Crippen molar-refractivity contribution in [1.82, 2.24) is 5.32 Å². The van der Waals surface area contributed by atoms with E-state index >= 15 is 0 Å². The molecular formula is C17H21FN2O. The Hall–Kier alpha value is -2.07. The van der Waals surface area contributed by atoms with Gasteiger partial charge < -0.3 is 15.0 Å². The van der Waals surface area contributed by atoms with Gasteiger partial charge in [-0.3, -0.25) is 0 Å². The molecule has 0 radical (unpaired) electrons. The number of ether oxygens (including phenoxy) is 1. The zero-order valence-electron chi connectivity index (χ0n) is 12.5. The lowest BCUT2D eigenvalue weighted by Gasteiger charge is -2.19. The van der Waals surface area contributed by atoms with E-state index in [0.29, 0.717) is 6.61 Å². The average molecular weight is 288 g/mol. The quantitative estimate of drug-likeness (QED) is 0.847. The molecule has 0 spiro atoms. The number of rotatable bonds is 7. The van der Waals surface area contributed by atoms with Crippen LogP contribution >= 0.6 is 0 Å². The van der Waals surface area contributed by atoms with Gasteiger partial charge in [-0.25, -0.2) is 4.39 Å². The van der Waals surface area contributed by atoms with E-state index in [2.05, 4.69) is 17.4 Å². The summed E-state index contributed by atoms with van der Waals surface area (Å²) in [5.41, 5.74) is 2.21. The van der Waals surface area contributed by atoms with E-state index in [0.717, 1.165) is 24.5 Å². The minimum Gasteiger partial charge on any atom is -0.492 e. The lowest BCUT2D eigenvalue weighted by molar-refractivity contribution is 0.326. The summed E-state index contributed by atoms with van der Waals surface area (Å²) < 4.78 is 18.6. The van der Waals surface area contributed by atoms with Crippen LogP contribution in [0.2, 0.25) is 0 Å². The molecule has 0 saturated heterocycles. The summed E-state index contributed by atoms with van der Waals surface area (Å²) in [6.07, 6.45) is 0. The van der Waals surface area contributed by atoms with Gasteiger partial charge in [0.05, 0.1) is 6.54 Å². The summed E-state index contributed by atoms with van der Waals surface area (Å²) in [6, 6.07) is 14.5. The van der Waals surface area contributed by atoms with Crippen molar-refractivity contribution in [3.05, 3.63) is 59.9 Å². The monoisotopic (exact) mass is 288 g/mol. The molecule has 4 heteroatoms. The van der Waals surface area contributed by atoms with Crippen LogP contribution in [0.15, 0.2) is 48.5 Å². The summed E-state index contributed by atoms with van der Waals surface area (Å²) >= 11 is 0. The topological polar surface area (TPSA) is 24.5 Å². The summed E-state index contributed by atoms with van der Waals surface area (Å²) in [6.45, 7) is 2.18. The van der Waals surface area contributed by atoms with E-state index < -0.39 is 0 Å². The van der Waals surface area contributed by atoms with E-state index in [-0.39, 0.29) is 5.82 Å². The third kappa shape index (κ3) is 4.76. The van der Waals surface area contributed by atoms with Crippen LogP contribution in [0.5, 0.6) is 5.75 Å². The molecule has 0 aliphatic rings. The zero-order chi connectivity index (χ0) is 15.1. The standard InChI is InChI=1S/C17H21FN2O/c1-19-13-14-3-9-17(10-4-14)21-12-11-20(2)16-7-5-15(18)6-8-16/h3-10,19H,11-13H2,1-2H3. The van der Waals surface area contributed by atoms with E-state index in [1.807, 2.05) is 31.1 Å². The van der Waals surface area contributed by atoms with Crippen molar-refractivity contribution in [2.24, 2.45) is 0 Å². The zero-order valence-corrected chi connectivity index (χ0v) is 12.5. The first kappa shape index (κ1) is 15.3. The van der Waals surface area contributed by atoms with Crippen LogP contribution in [-0.4, -0.2) is 27.2 Å². The molecule has 2 rings (SSSR count). The number of likely N-dealkylation sites (N-methyl/N-ethyl adjacent to an activating group) is 1. The maximum atomic E-state index is 12.9. The number of nitrogens with zero attached hydrogens (tertiary/aromatic N) is 1. The largest absolute Gasteiger partial charge is 0.492 e. The Morgan fingerprint density at radius 1 is 1.05 bits per heavy atom. The molecular weight excluding hydrogens is 267 g/mol. The second kappa shape index (κ2) is 7.64. The summed E-state index contributed by atoms with van der Waals surface area (Å²) in [5.74, 6) is 0.646. The molecule has 0 unspecified atom stereocenters. The van der Waals surface area contributed by atoms with Crippen LogP contribution in [0.3, 0.4) is 0 Å². The highest BCUT2D eigenvalue weighted by molar-refractivity contribution is 5.45. The molecule has 2 aromatic carbocycles. The Labute approximate surface area is 125 Å². The Bertz CT molecular complexity index is 540. The normalized spacial score (nSPS) is 10.4. The molecule has 112 valence electrons. The number of halogens is 1. The van der Waals surface area contributed by atoms with Crippen LogP contribution in [0, 0.1) is 5.82 Å². The minimum atomic E-state index is -0.218. The Balaban J connectivity index is 1.79. The molecule has 0 aromatic heterocycles. The third-order valence-corrected chi connectivity index (χ3v) is 3.27. The van der Waals surface area contributed by atoms with Gasteiger partial charge in [0.1, 0.15) is 18.2 Å². The van der Waals surface area contributed by atoms with Gasteiger partial charge in [0.25, 0.3) is 0 Å². The van der Waals surface area contributed by atoms with Gasteiger partial charge in [-0.05, 0) is 49.0 Å². The Morgan fingerprint density at radius 2 is 1.71 bits per heavy atom. The van der Waals surface area contributed by atoms with Crippen molar-refractivity contribution < 1.29 is 9.13 Å². The highest BCUT2D eigenvalue weighted by atomic mass is 19.1. The fourth-order valence-electron chi connectivity index (χ4n) is 2.03. The van der Waals surface area contributed by atoms with E-state index in [1.54, 1.807) is 12.1 Å². The molecule has 0 fully saturated rings. The average Bonchev–Trinajstić information content (AvgIpc) is 2.50. The lowest BCUT2D eigenvalue weighted by atomic mass is 10.2. The van der Waals surface area contributed by atoms with Crippen LogP contribution in [0.1, 0.15) is 5.56 Å². The van der Waals surface area contributed by atoms with E-state index in [1.165, 1.54) is 17.7 Å². The Kier molecular flexibility index (Phi) is 5.58. The van der Waals surface area contributed by atoms with Crippen LogP contribution in [-0.2, 0) is 6.54 Å². The van der Waals surface area contributed by atoms with E-state index in [9.17, 15) is 4.39 Å². The Morgan fingerprint density at radius 3 is 2.33 bits per heavy atom. The molecule has 21 heavy (non-hydrogen) atoms. The second-order valence-electron chi connectivity index (χ2n) is 4.92. The van der Waals surface area contributed by atoms with Crippen molar-refractivity contribution in [1.29, 1.82) is 0 Å². The highest BCUT2D eigenvalue weighted by Crippen LogP contribution is 2.14. The van der Waals surface area contributed by atoms with Crippen molar-refractivity contribution in [2.45, 2.75) is 6.54 Å². The van der Waals surface area contributed by atoms with Gasteiger partial charge in [-0.2, -0.15) is 0 Å². The number of hydrogen-bond donors (Lipinski definition) is 1. The van der Waals surface area contributed by atoms with Crippen LogP contribution < -0.4 is 15.0 Å². The summed E-state index contributed by atoms with van der Waals surface area (Å²) in [5, 5.41) is 3.11. The maximum absolute atomic E-state index is 12.9. The van der Waals surface area contributed by atoms with Gasteiger partial charge in [-0.15, -0.1) is 0 Å². The van der Waals surface area contributed by atoms with Gasteiger partial charge in [0.15, 0.2) is 0 Å². The predicted molar refractivity (Wildman–Crippen MR) is 84.4 cm³/mol. The molecule has 1 N–H and O–H groups in total. The molecule has 0 aliphatic carbocycles. The molecule has 0 saturated carbocycles. The molecule has 0 heterocycles. The molecule has 0 amide bonds. The van der Waals surface area contributed by atoms with Gasteiger partial charge >= 0.3 is 0 Å². The smallest absolute Gasteiger partial charge is 0.123 e. The second-order valence-corrected chi connectivity index (χ2v) is 4.92. The van der Waals surface area contributed by atoms with E-state index in [4.69, 9.17) is 4.74 Å². The van der Waals surface area contributed by atoms with Gasteiger partial charge in [-0.1, -0.05) is 12.1 Å². The first-order valence-electron chi connectivity index (χ1n) is 7.02. The maximum Gasteiger partial charge on any atom is 0.123 e. The first-order valence-corrected chi connectivity index (χ1v) is 7.02. The van der Waals surface area contributed by atoms with Crippen molar-refractivity contribution in [3.63, 3.8) is 0 Å². The molecule has 0 atom stereocenters. The SMILES string of the molecule is CNCc1ccc(OCCN(C)c2ccc(F)cc2)cc1. The highest BCUT2D eigenvalue weighted by Gasteiger charge is 2.02. The van der Waals surface area contributed by atoms with Crippen LogP contribution in [0.4, 0.5) is 10.1 Å². The first-order chi connectivity index (χ1) is 10.2. The number of anilines is 1.